The summed E-state index contributed by atoms with van der Waals surface area (Å²) in [6.45, 7) is 5.23. The summed E-state index contributed by atoms with van der Waals surface area (Å²) in [5.74, 6) is 0.871. The molecule has 1 saturated carbocycles. The van der Waals surface area contributed by atoms with Crippen molar-refractivity contribution >= 4 is 98.5 Å². The lowest BCUT2D eigenvalue weighted by atomic mass is 9.84. The first-order valence-electron chi connectivity index (χ1n) is 18.6. The van der Waals surface area contributed by atoms with Gasteiger partial charge in [-0.2, -0.15) is 21.4 Å². The molecule has 2 atom stereocenters. The molecule has 5 aromatic rings. The van der Waals surface area contributed by atoms with Gasteiger partial charge in [-0.25, -0.2) is 8.42 Å². The Kier molecular flexibility index (Phi) is 10.3. The molecule has 13 nitrogen and oxygen atoms in total. The van der Waals surface area contributed by atoms with Crippen LogP contribution in [0.5, 0.6) is 0 Å². The van der Waals surface area contributed by atoms with E-state index < -0.39 is 40.1 Å². The molecule has 3 aliphatic rings. The molecule has 1 aliphatic heterocycles. The van der Waals surface area contributed by atoms with Crippen LogP contribution in [0.25, 0.3) is 38.5 Å². The van der Waals surface area contributed by atoms with Gasteiger partial charge in [-0.1, -0.05) is 42.5 Å². The third kappa shape index (κ3) is 6.71. The second kappa shape index (κ2) is 14.9. The fraction of sp³-hybridized carbons (Fsp3) is 0.268. The van der Waals surface area contributed by atoms with Crippen molar-refractivity contribution in [3.63, 3.8) is 0 Å². The van der Waals surface area contributed by atoms with Crippen LogP contribution in [0.2, 0.25) is 0 Å². The van der Waals surface area contributed by atoms with Gasteiger partial charge in [0.25, 0.3) is 16.6 Å². The molecule has 58 heavy (non-hydrogen) atoms. The number of allylic oxidation sites excluding steroid dienone is 5. The lowest BCUT2D eigenvalue weighted by Crippen LogP contribution is -2.17. The minimum Gasteiger partial charge on any atom is -0.744 e. The van der Waals surface area contributed by atoms with Crippen molar-refractivity contribution in [1.29, 1.82) is 0 Å². The van der Waals surface area contributed by atoms with Crippen molar-refractivity contribution in [2.24, 2.45) is 11.8 Å². The maximum atomic E-state index is 12.7. The molecule has 8 rings (SSSR count). The highest BCUT2D eigenvalue weighted by molar-refractivity contribution is 8.03. The summed E-state index contributed by atoms with van der Waals surface area (Å²) in [6, 6.07) is 14.0. The number of benzene rings is 4. The highest BCUT2D eigenvalue weighted by Crippen LogP contribution is 2.52. The zero-order chi connectivity index (χ0) is 41.3. The number of thioether (sulfide) groups is 1. The normalized spacial score (nSPS) is 19.7. The van der Waals surface area contributed by atoms with E-state index in [0.717, 1.165) is 57.6 Å². The topological polar surface area (TPSA) is 200 Å². The number of aromatic nitrogens is 1. The van der Waals surface area contributed by atoms with Crippen LogP contribution in [-0.2, 0) is 46.4 Å². The van der Waals surface area contributed by atoms with Crippen LogP contribution < -0.4 is 5.35 Å². The van der Waals surface area contributed by atoms with E-state index in [-0.39, 0.29) is 46.3 Å². The molecule has 2 aliphatic carbocycles. The number of hydrogen-bond acceptors (Lipinski definition) is 10. The number of carbonyl (C=O) groups is 1. The third-order valence-corrected chi connectivity index (χ3v) is 15.2. The Bertz CT molecular complexity index is 3120. The number of rotatable bonds is 13. The van der Waals surface area contributed by atoms with E-state index in [1.54, 1.807) is 46.7 Å². The minimum absolute atomic E-state index is 0.112. The Morgan fingerprint density at radius 2 is 1.55 bits per heavy atom. The monoisotopic (exact) mass is 862 g/mol. The largest absolute Gasteiger partial charge is 0.744 e. The van der Waals surface area contributed by atoms with E-state index in [2.05, 4.69) is 10.6 Å². The molecule has 2 bridgehead atoms. The van der Waals surface area contributed by atoms with Crippen molar-refractivity contribution in [2.45, 2.75) is 54.3 Å². The van der Waals surface area contributed by atoms with E-state index in [9.17, 15) is 43.7 Å². The summed E-state index contributed by atoms with van der Waals surface area (Å²) in [5, 5.41) is 3.11. The number of carbonyl (C=O) groups excluding carboxylic acids is 1. The number of aryl methyl sites for hydroxylation is 1. The Labute approximate surface area is 339 Å². The van der Waals surface area contributed by atoms with E-state index in [1.165, 1.54) is 12.1 Å². The summed E-state index contributed by atoms with van der Waals surface area (Å²) in [5.41, 5.74) is 4.13. The second-order valence-electron chi connectivity index (χ2n) is 14.4. The van der Waals surface area contributed by atoms with Crippen molar-refractivity contribution in [2.75, 3.05) is 18.9 Å². The van der Waals surface area contributed by atoms with Gasteiger partial charge in [0.15, 0.2) is 4.90 Å². The zero-order valence-electron chi connectivity index (χ0n) is 31.3. The van der Waals surface area contributed by atoms with Gasteiger partial charge in [0.1, 0.15) is 28.2 Å². The first-order valence-corrected chi connectivity index (χ1v) is 23.9. The summed E-state index contributed by atoms with van der Waals surface area (Å²) >= 11 is 1.56. The van der Waals surface area contributed by atoms with Crippen LogP contribution in [-0.4, -0.2) is 79.1 Å². The summed E-state index contributed by atoms with van der Waals surface area (Å²) in [6.07, 6.45) is 10.7. The molecular weight excluding hydrogens is 825 g/mol. The standard InChI is InChI=1S/C41H38N2O11S4/c1-3-42-32(28-7-5-9-30-35(56(45,46)47)18-17-34(42)38(28)30)15-13-26-24-11-12-25(21-24)27(41(26)55-20-19-54-23-44)14-16-33-29-8-6-10-31-36(57(48,49)50)22-37(58(51,52)53)40(39(29)31)43(33)4-2/h5-10,13-18,22-25H,3-4,11-12,19-21H2,1-2H3,(H2-,45,46,47,48,49,50,51,52,53). The predicted octanol–water partition coefficient (Wildman–Crippen LogP) is 6.10. The SMILES string of the molecule is CCn1c(=CC=C2C(SCCOC=O)=C(C=CC3=[N+](CC)c4c(S(=O)(=O)O)cc(S(=O)(=O)O)c5cccc3c45)C3CCC2C3)c2cccc3c(S(=O)(=O)[O-])ccc1c32. The van der Waals surface area contributed by atoms with E-state index in [1.807, 2.05) is 38.1 Å². The number of fused-ring (bicyclic) bond motifs is 2. The molecule has 0 amide bonds. The van der Waals surface area contributed by atoms with Crippen molar-refractivity contribution in [3.8, 4) is 0 Å². The lowest BCUT2D eigenvalue weighted by Gasteiger charge is -2.27. The quantitative estimate of drug-likeness (QED) is 0.0597. The highest BCUT2D eigenvalue weighted by Gasteiger charge is 2.40. The third-order valence-electron chi connectivity index (χ3n) is 11.4. The van der Waals surface area contributed by atoms with Crippen LogP contribution in [0.1, 0.15) is 38.7 Å². The van der Waals surface area contributed by atoms with Gasteiger partial charge in [-0.3, -0.25) is 13.9 Å². The van der Waals surface area contributed by atoms with E-state index >= 15 is 0 Å². The van der Waals surface area contributed by atoms with Gasteiger partial charge in [0, 0.05) is 55.7 Å². The van der Waals surface area contributed by atoms with Gasteiger partial charge in [-0.15, -0.1) is 11.8 Å². The molecule has 1 fully saturated rings. The first kappa shape index (κ1) is 40.2. The van der Waals surface area contributed by atoms with Gasteiger partial charge < -0.3 is 13.9 Å². The van der Waals surface area contributed by atoms with Crippen LogP contribution in [0, 0.1) is 11.8 Å². The van der Waals surface area contributed by atoms with Crippen LogP contribution >= 0.6 is 11.8 Å². The Hall–Kier alpha value is -4.62. The molecule has 1 aromatic heterocycles. The molecule has 17 heteroatoms. The Morgan fingerprint density at radius 1 is 0.862 bits per heavy atom. The van der Waals surface area contributed by atoms with Crippen molar-refractivity contribution in [1.82, 2.24) is 4.57 Å². The lowest BCUT2D eigenvalue weighted by molar-refractivity contribution is -0.433. The molecule has 0 radical (unpaired) electrons. The fourth-order valence-corrected chi connectivity index (χ4v) is 12.5. The predicted molar refractivity (Wildman–Crippen MR) is 220 cm³/mol. The number of hydrogen-bond donors (Lipinski definition) is 2. The van der Waals surface area contributed by atoms with Crippen molar-refractivity contribution in [3.05, 3.63) is 99.8 Å². The van der Waals surface area contributed by atoms with Gasteiger partial charge in [-0.05, 0) is 86.4 Å². The number of ether oxygens (including phenoxy) is 1. The fourth-order valence-electron chi connectivity index (χ4n) is 9.13. The molecule has 4 aromatic carbocycles. The summed E-state index contributed by atoms with van der Waals surface area (Å²) in [7, 11) is -14.6. The molecular formula is C41H38N2O11S4. The van der Waals surface area contributed by atoms with Gasteiger partial charge in [0.05, 0.1) is 15.8 Å². The Balaban J connectivity index is 1.32. The maximum absolute atomic E-state index is 12.7. The maximum Gasteiger partial charge on any atom is 0.301 e. The summed E-state index contributed by atoms with van der Waals surface area (Å²) in [4.78, 5) is 10.5. The van der Waals surface area contributed by atoms with Gasteiger partial charge >= 0.3 is 10.1 Å². The Morgan fingerprint density at radius 3 is 2.22 bits per heavy atom. The molecule has 2 heterocycles. The van der Waals surface area contributed by atoms with Crippen LogP contribution in [0.3, 0.4) is 0 Å². The minimum atomic E-state index is -4.95. The van der Waals surface area contributed by atoms with Crippen LogP contribution in [0.4, 0.5) is 5.69 Å². The molecule has 0 saturated heterocycles. The summed E-state index contributed by atoms with van der Waals surface area (Å²) < 4.78 is 116. The van der Waals surface area contributed by atoms with E-state index in [0.29, 0.717) is 40.8 Å². The van der Waals surface area contributed by atoms with Crippen molar-refractivity contribution < 1.29 is 53.0 Å². The van der Waals surface area contributed by atoms with Crippen LogP contribution in [0.15, 0.2) is 104 Å². The average molecular weight is 863 g/mol. The molecule has 2 unspecified atom stereocenters. The zero-order valence-corrected chi connectivity index (χ0v) is 34.5. The van der Waals surface area contributed by atoms with Gasteiger partial charge in [0.2, 0.25) is 11.4 Å². The molecule has 2 N–H and O–H groups in total. The molecule has 0 spiro atoms. The second-order valence-corrected chi connectivity index (χ2v) is 19.6. The van der Waals surface area contributed by atoms with E-state index in [4.69, 9.17) is 4.74 Å². The number of nitrogens with zero attached hydrogens (tertiary/aromatic N) is 2. The smallest absolute Gasteiger partial charge is 0.301 e. The molecule has 302 valence electrons. The average Bonchev–Trinajstić information content (AvgIpc) is 3.84. The first-order chi connectivity index (χ1) is 27.6. The highest BCUT2D eigenvalue weighted by atomic mass is 32.2.